The van der Waals surface area contributed by atoms with Gasteiger partial charge in [-0.1, -0.05) is 39.5 Å². The summed E-state index contributed by atoms with van der Waals surface area (Å²) < 4.78 is 4.89. The highest BCUT2D eigenvalue weighted by Gasteiger charge is 2.11. The number of nitrogens with one attached hydrogen (secondary N) is 1. The van der Waals surface area contributed by atoms with Gasteiger partial charge in [0, 0.05) is 20.3 Å². The van der Waals surface area contributed by atoms with Gasteiger partial charge < -0.3 is 15.8 Å². The van der Waals surface area contributed by atoms with Crippen LogP contribution in [-0.4, -0.2) is 32.2 Å². The summed E-state index contributed by atoms with van der Waals surface area (Å²) in [5.74, 6) is 0.734. The van der Waals surface area contributed by atoms with Gasteiger partial charge in [0.2, 0.25) is 5.91 Å². The van der Waals surface area contributed by atoms with Gasteiger partial charge in [-0.2, -0.15) is 0 Å². The number of carbonyl (C=O) groups is 1. The van der Waals surface area contributed by atoms with Crippen molar-refractivity contribution >= 4 is 5.91 Å². The lowest BCUT2D eigenvalue weighted by Crippen LogP contribution is -2.41. The minimum absolute atomic E-state index is 0.0609. The molecule has 0 aliphatic heterocycles. The standard InChI is InChI=1S/C14H30N2O2/c1-12(2)8-6-4-5-7-10-16-14(17)13(15)9-11-18-3/h12-13H,4-11,15H2,1-3H3,(H,16,17). The molecular weight excluding hydrogens is 228 g/mol. The Hall–Kier alpha value is -0.610. The summed E-state index contributed by atoms with van der Waals surface area (Å²) in [6, 6.07) is -0.439. The Balaban J connectivity index is 3.34. The van der Waals surface area contributed by atoms with E-state index in [0.717, 1.165) is 18.9 Å². The van der Waals surface area contributed by atoms with Gasteiger partial charge in [-0.3, -0.25) is 4.79 Å². The molecule has 18 heavy (non-hydrogen) atoms. The van der Waals surface area contributed by atoms with Gasteiger partial charge in [0.05, 0.1) is 6.04 Å². The third-order valence-corrected chi connectivity index (χ3v) is 2.98. The van der Waals surface area contributed by atoms with E-state index in [1.165, 1.54) is 25.7 Å². The van der Waals surface area contributed by atoms with Crippen LogP contribution >= 0.6 is 0 Å². The number of amides is 1. The third-order valence-electron chi connectivity index (χ3n) is 2.98. The van der Waals surface area contributed by atoms with E-state index < -0.39 is 6.04 Å². The SMILES string of the molecule is COCCC(N)C(=O)NCCCCCCC(C)C. The topological polar surface area (TPSA) is 64.3 Å². The molecule has 0 fully saturated rings. The molecule has 0 spiro atoms. The Labute approximate surface area is 112 Å². The van der Waals surface area contributed by atoms with E-state index in [1.54, 1.807) is 7.11 Å². The van der Waals surface area contributed by atoms with Crippen molar-refractivity contribution < 1.29 is 9.53 Å². The van der Waals surface area contributed by atoms with Crippen molar-refractivity contribution in [3.05, 3.63) is 0 Å². The molecule has 0 radical (unpaired) electrons. The minimum Gasteiger partial charge on any atom is -0.385 e. The van der Waals surface area contributed by atoms with E-state index in [4.69, 9.17) is 10.5 Å². The van der Waals surface area contributed by atoms with Gasteiger partial charge >= 0.3 is 0 Å². The molecule has 0 saturated heterocycles. The first-order chi connectivity index (χ1) is 8.57. The molecule has 0 aromatic carbocycles. The summed E-state index contributed by atoms with van der Waals surface area (Å²) in [7, 11) is 1.61. The van der Waals surface area contributed by atoms with Gasteiger partial charge in [0.15, 0.2) is 0 Å². The predicted molar refractivity (Wildman–Crippen MR) is 75.4 cm³/mol. The van der Waals surface area contributed by atoms with Gasteiger partial charge in [0.1, 0.15) is 0 Å². The molecule has 3 N–H and O–H groups in total. The summed E-state index contributed by atoms with van der Waals surface area (Å²) in [4.78, 5) is 11.5. The molecule has 1 unspecified atom stereocenters. The van der Waals surface area contributed by atoms with Crippen LogP contribution in [0.25, 0.3) is 0 Å². The molecule has 0 aliphatic rings. The maximum atomic E-state index is 11.5. The molecular formula is C14H30N2O2. The molecule has 0 aliphatic carbocycles. The van der Waals surface area contributed by atoms with E-state index in [-0.39, 0.29) is 5.91 Å². The van der Waals surface area contributed by atoms with Gasteiger partial charge in [0.25, 0.3) is 0 Å². The van der Waals surface area contributed by atoms with Crippen LogP contribution in [-0.2, 0) is 9.53 Å². The van der Waals surface area contributed by atoms with Crippen molar-refractivity contribution in [3.63, 3.8) is 0 Å². The van der Waals surface area contributed by atoms with E-state index in [2.05, 4.69) is 19.2 Å². The number of carbonyl (C=O) groups excluding carboxylic acids is 1. The van der Waals surface area contributed by atoms with Crippen LogP contribution in [0.5, 0.6) is 0 Å². The van der Waals surface area contributed by atoms with Crippen LogP contribution in [0.2, 0.25) is 0 Å². The molecule has 0 rings (SSSR count). The first-order valence-electron chi connectivity index (χ1n) is 7.10. The average Bonchev–Trinajstić information content (AvgIpc) is 2.34. The monoisotopic (exact) mass is 258 g/mol. The van der Waals surface area contributed by atoms with Crippen molar-refractivity contribution in [1.29, 1.82) is 0 Å². The Morgan fingerprint density at radius 1 is 1.17 bits per heavy atom. The zero-order chi connectivity index (χ0) is 13.8. The normalized spacial score (nSPS) is 12.7. The van der Waals surface area contributed by atoms with E-state index >= 15 is 0 Å². The number of nitrogens with two attached hydrogens (primary N) is 1. The lowest BCUT2D eigenvalue weighted by atomic mass is 10.0. The Morgan fingerprint density at radius 2 is 1.83 bits per heavy atom. The van der Waals surface area contributed by atoms with Gasteiger partial charge in [-0.25, -0.2) is 0 Å². The second kappa shape index (κ2) is 11.5. The molecule has 108 valence electrons. The molecule has 0 aromatic rings. The van der Waals surface area contributed by atoms with Crippen molar-refractivity contribution in [2.75, 3.05) is 20.3 Å². The first kappa shape index (κ1) is 17.4. The lowest BCUT2D eigenvalue weighted by Gasteiger charge is -2.11. The number of hydrogen-bond acceptors (Lipinski definition) is 3. The van der Waals surface area contributed by atoms with Crippen molar-refractivity contribution in [3.8, 4) is 0 Å². The fourth-order valence-electron chi connectivity index (χ4n) is 1.75. The van der Waals surface area contributed by atoms with Crippen LogP contribution < -0.4 is 11.1 Å². The number of hydrogen-bond donors (Lipinski definition) is 2. The number of unbranched alkanes of at least 4 members (excludes halogenated alkanes) is 3. The van der Waals surface area contributed by atoms with E-state index in [1.807, 2.05) is 0 Å². The van der Waals surface area contributed by atoms with Gasteiger partial charge in [-0.05, 0) is 18.8 Å². The van der Waals surface area contributed by atoms with Crippen molar-refractivity contribution in [2.45, 2.75) is 58.4 Å². The second-order valence-corrected chi connectivity index (χ2v) is 5.28. The van der Waals surface area contributed by atoms with Crippen molar-refractivity contribution in [1.82, 2.24) is 5.32 Å². The quantitative estimate of drug-likeness (QED) is 0.558. The largest absolute Gasteiger partial charge is 0.385 e. The summed E-state index contributed by atoms with van der Waals surface area (Å²) in [6.45, 7) is 5.77. The number of methoxy groups -OCH3 is 1. The summed E-state index contributed by atoms with van der Waals surface area (Å²) in [5.41, 5.74) is 5.71. The first-order valence-corrected chi connectivity index (χ1v) is 7.10. The van der Waals surface area contributed by atoms with E-state index in [9.17, 15) is 4.79 Å². The number of rotatable bonds is 11. The average molecular weight is 258 g/mol. The Bertz CT molecular complexity index is 208. The molecule has 0 bridgehead atoms. The molecule has 0 saturated carbocycles. The zero-order valence-electron chi connectivity index (χ0n) is 12.2. The maximum Gasteiger partial charge on any atom is 0.237 e. The molecule has 4 heteroatoms. The fraction of sp³-hybridized carbons (Fsp3) is 0.929. The molecule has 1 amide bonds. The van der Waals surface area contributed by atoms with Gasteiger partial charge in [-0.15, -0.1) is 0 Å². The molecule has 0 heterocycles. The third kappa shape index (κ3) is 10.5. The lowest BCUT2D eigenvalue weighted by molar-refractivity contribution is -0.122. The predicted octanol–water partition coefficient (Wildman–Crippen LogP) is 2.07. The minimum atomic E-state index is -0.439. The highest BCUT2D eigenvalue weighted by molar-refractivity contribution is 5.81. The van der Waals surface area contributed by atoms with Crippen LogP contribution in [0, 0.1) is 5.92 Å². The van der Waals surface area contributed by atoms with E-state index in [0.29, 0.717) is 13.0 Å². The molecule has 1 atom stereocenters. The fourth-order valence-corrected chi connectivity index (χ4v) is 1.75. The molecule has 0 aromatic heterocycles. The summed E-state index contributed by atoms with van der Waals surface area (Å²) >= 11 is 0. The Morgan fingerprint density at radius 3 is 2.44 bits per heavy atom. The summed E-state index contributed by atoms with van der Waals surface area (Å²) in [5, 5.41) is 2.87. The van der Waals surface area contributed by atoms with Crippen LogP contribution in [0.3, 0.4) is 0 Å². The van der Waals surface area contributed by atoms with Crippen LogP contribution in [0.4, 0.5) is 0 Å². The van der Waals surface area contributed by atoms with Crippen molar-refractivity contribution in [2.24, 2.45) is 11.7 Å². The zero-order valence-corrected chi connectivity index (χ0v) is 12.2. The maximum absolute atomic E-state index is 11.5. The highest BCUT2D eigenvalue weighted by atomic mass is 16.5. The smallest absolute Gasteiger partial charge is 0.237 e. The number of ether oxygens (including phenoxy) is 1. The Kier molecular flexibility index (Phi) is 11.1. The highest BCUT2D eigenvalue weighted by Crippen LogP contribution is 2.08. The molecule has 4 nitrogen and oxygen atoms in total. The summed E-state index contributed by atoms with van der Waals surface area (Å²) in [6.07, 6.45) is 6.65. The van der Waals surface area contributed by atoms with Crippen LogP contribution in [0.15, 0.2) is 0 Å². The second-order valence-electron chi connectivity index (χ2n) is 5.28. The van der Waals surface area contributed by atoms with Crippen LogP contribution in [0.1, 0.15) is 52.4 Å².